The van der Waals surface area contributed by atoms with Gasteiger partial charge in [-0.25, -0.2) is 27.1 Å². The van der Waals surface area contributed by atoms with E-state index in [0.717, 1.165) is 10.4 Å². The van der Waals surface area contributed by atoms with E-state index in [1.807, 2.05) is 0 Å². The summed E-state index contributed by atoms with van der Waals surface area (Å²) < 4.78 is 47.3. The van der Waals surface area contributed by atoms with Crippen molar-refractivity contribution in [2.24, 2.45) is 10.7 Å². The quantitative estimate of drug-likeness (QED) is 0.711. The number of hydrogen-bond acceptors (Lipinski definition) is 7. The van der Waals surface area contributed by atoms with Crippen LogP contribution < -0.4 is 11.1 Å². The number of nitrogens with one attached hydrogen (secondary N) is 1. The average molecular weight is 468 g/mol. The molecule has 1 amide bonds. The molecule has 1 saturated heterocycles. The van der Waals surface area contributed by atoms with Gasteiger partial charge in [-0.05, 0) is 43.2 Å². The number of anilines is 1. The molecule has 2 unspecified atom stereocenters. The molecule has 1 aromatic heterocycles. The molecule has 3 N–H and O–H groups in total. The molecule has 2 aromatic rings. The number of hydrogen-bond donors (Lipinski definition) is 2. The van der Waals surface area contributed by atoms with Gasteiger partial charge < -0.3 is 15.8 Å². The number of fused-ring (bicyclic) bond motifs is 1. The van der Waals surface area contributed by atoms with Gasteiger partial charge in [0.05, 0.1) is 5.02 Å². The Morgan fingerprint density at radius 1 is 1.39 bits per heavy atom. The topological polar surface area (TPSA) is 127 Å². The number of guanidine groups is 1. The van der Waals surface area contributed by atoms with E-state index in [9.17, 15) is 17.6 Å². The number of sulfonamides is 1. The van der Waals surface area contributed by atoms with Gasteiger partial charge in [0.15, 0.2) is 0 Å². The fraction of sp³-hybridized carbons (Fsp3) is 0.316. The molecule has 0 saturated carbocycles. The Bertz CT molecular complexity index is 1170. The Kier molecular flexibility index (Phi) is 5.36. The van der Waals surface area contributed by atoms with Gasteiger partial charge in [0.2, 0.25) is 11.4 Å². The maximum atomic E-state index is 15.0. The minimum absolute atomic E-state index is 0.0290. The van der Waals surface area contributed by atoms with Crippen LogP contribution in [0.2, 0.25) is 5.02 Å². The molecule has 0 aliphatic carbocycles. The molecule has 2 aliphatic rings. The highest BCUT2D eigenvalue weighted by Gasteiger charge is 2.56. The van der Waals surface area contributed by atoms with Gasteiger partial charge in [-0.15, -0.1) is 0 Å². The van der Waals surface area contributed by atoms with Gasteiger partial charge >= 0.3 is 0 Å². The molecular weight excluding hydrogens is 449 g/mol. The van der Waals surface area contributed by atoms with Crippen molar-refractivity contribution in [1.82, 2.24) is 9.29 Å². The Labute approximate surface area is 183 Å². The molecule has 1 fully saturated rings. The number of aliphatic imine (C=N–C) groups is 1. The van der Waals surface area contributed by atoms with Crippen molar-refractivity contribution in [3.8, 4) is 0 Å². The largest absolute Gasteiger partial charge is 0.369 e. The molecule has 0 spiro atoms. The van der Waals surface area contributed by atoms with E-state index >= 15 is 0 Å². The first-order chi connectivity index (χ1) is 14.6. The zero-order chi connectivity index (χ0) is 22.4. The second kappa shape index (κ2) is 7.74. The van der Waals surface area contributed by atoms with E-state index < -0.39 is 32.7 Å². The van der Waals surface area contributed by atoms with Crippen LogP contribution in [0.25, 0.3) is 0 Å². The average Bonchev–Trinajstić information content (AvgIpc) is 2.74. The van der Waals surface area contributed by atoms with Gasteiger partial charge in [-0.3, -0.25) is 4.79 Å². The standard InChI is InChI=1S/C19H19ClFN5O4S/c1-26-18(22)25-19(7-2-8-30-17(19)31(26,28)29)13-9-12(4-5-14(13)21)24-16(27)15-6-3-11(20)10-23-15/h3-6,9-10,17H,2,7-8H2,1H3,(H2,22,25)(H,24,27). The predicted octanol–water partition coefficient (Wildman–Crippen LogP) is 2.05. The number of pyridine rings is 1. The first-order valence-electron chi connectivity index (χ1n) is 9.33. The normalized spacial score (nSPS) is 24.8. The highest BCUT2D eigenvalue weighted by molar-refractivity contribution is 7.90. The van der Waals surface area contributed by atoms with Gasteiger partial charge in [0.25, 0.3) is 15.9 Å². The van der Waals surface area contributed by atoms with Crippen molar-refractivity contribution < 1.29 is 22.3 Å². The van der Waals surface area contributed by atoms with Crippen LogP contribution in [0.5, 0.6) is 0 Å². The van der Waals surface area contributed by atoms with Crippen LogP contribution in [-0.4, -0.2) is 48.7 Å². The number of nitrogens with zero attached hydrogens (tertiary/aromatic N) is 3. The van der Waals surface area contributed by atoms with E-state index in [1.54, 1.807) is 0 Å². The summed E-state index contributed by atoms with van der Waals surface area (Å²) in [6.07, 6.45) is 1.99. The summed E-state index contributed by atoms with van der Waals surface area (Å²) in [7, 11) is -2.77. The van der Waals surface area contributed by atoms with E-state index in [1.165, 1.54) is 37.5 Å². The summed E-state index contributed by atoms with van der Waals surface area (Å²) in [6, 6.07) is 6.81. The maximum Gasteiger partial charge on any atom is 0.274 e. The number of carbonyl (C=O) groups excluding carboxylic acids is 1. The van der Waals surface area contributed by atoms with Gasteiger partial charge in [-0.1, -0.05) is 11.6 Å². The molecule has 2 atom stereocenters. The SMILES string of the molecule is CN1C(N)=NC2(c3cc(NC(=O)c4ccc(Cl)cn4)ccc3F)CCCOC2S1(=O)=O. The highest BCUT2D eigenvalue weighted by Crippen LogP contribution is 2.46. The third kappa shape index (κ3) is 3.62. The first kappa shape index (κ1) is 21.5. The molecule has 3 heterocycles. The van der Waals surface area contributed by atoms with Crippen LogP contribution in [0.15, 0.2) is 41.5 Å². The molecule has 12 heteroatoms. The molecule has 1 aromatic carbocycles. The van der Waals surface area contributed by atoms with Gasteiger partial charge in [0, 0.05) is 31.1 Å². The zero-order valence-corrected chi connectivity index (χ0v) is 18.0. The van der Waals surface area contributed by atoms with E-state index in [2.05, 4.69) is 15.3 Å². The van der Waals surface area contributed by atoms with Crippen molar-refractivity contribution in [1.29, 1.82) is 0 Å². The molecule has 2 aliphatic heterocycles. The summed E-state index contributed by atoms with van der Waals surface area (Å²) in [5, 5.41) is 3.00. The van der Waals surface area contributed by atoms with Crippen molar-refractivity contribution in [3.63, 3.8) is 0 Å². The third-order valence-electron chi connectivity index (χ3n) is 5.30. The monoisotopic (exact) mass is 467 g/mol. The van der Waals surface area contributed by atoms with Crippen molar-refractivity contribution >= 4 is 39.2 Å². The van der Waals surface area contributed by atoms with Crippen LogP contribution in [-0.2, 0) is 20.3 Å². The van der Waals surface area contributed by atoms with Crippen LogP contribution in [0.1, 0.15) is 28.9 Å². The predicted molar refractivity (Wildman–Crippen MR) is 113 cm³/mol. The fourth-order valence-electron chi connectivity index (χ4n) is 3.74. The number of aromatic nitrogens is 1. The molecule has 4 rings (SSSR count). The fourth-order valence-corrected chi connectivity index (χ4v) is 5.50. The highest BCUT2D eigenvalue weighted by atomic mass is 35.5. The Hall–Kier alpha value is -2.76. The number of nitrogens with two attached hydrogens (primary N) is 1. The van der Waals surface area contributed by atoms with Crippen molar-refractivity contribution in [2.75, 3.05) is 19.0 Å². The molecule has 0 radical (unpaired) electrons. The maximum absolute atomic E-state index is 15.0. The van der Waals surface area contributed by atoms with E-state index in [0.29, 0.717) is 11.4 Å². The number of benzene rings is 1. The van der Waals surface area contributed by atoms with E-state index in [4.69, 9.17) is 22.1 Å². The summed E-state index contributed by atoms with van der Waals surface area (Å²) in [5.74, 6) is -1.49. The van der Waals surface area contributed by atoms with Crippen LogP contribution in [0.3, 0.4) is 0 Å². The summed E-state index contributed by atoms with van der Waals surface area (Å²) in [5.41, 5.74) is 3.17. The lowest BCUT2D eigenvalue weighted by atomic mass is 9.84. The summed E-state index contributed by atoms with van der Waals surface area (Å²) >= 11 is 5.79. The van der Waals surface area contributed by atoms with E-state index in [-0.39, 0.29) is 35.9 Å². The first-order valence-corrected chi connectivity index (χ1v) is 11.2. The van der Waals surface area contributed by atoms with Crippen molar-refractivity contribution in [3.05, 3.63) is 58.6 Å². The third-order valence-corrected chi connectivity index (χ3v) is 7.54. The molecule has 9 nitrogen and oxygen atoms in total. The van der Waals surface area contributed by atoms with Crippen molar-refractivity contribution in [2.45, 2.75) is 23.8 Å². The summed E-state index contributed by atoms with van der Waals surface area (Å²) in [6.45, 7) is 0.190. The smallest absolute Gasteiger partial charge is 0.274 e. The van der Waals surface area contributed by atoms with Crippen LogP contribution >= 0.6 is 11.6 Å². The Morgan fingerprint density at radius 3 is 2.87 bits per heavy atom. The second-order valence-electron chi connectivity index (χ2n) is 7.22. The molecule has 164 valence electrons. The number of carbonyl (C=O) groups is 1. The second-order valence-corrected chi connectivity index (χ2v) is 9.67. The summed E-state index contributed by atoms with van der Waals surface area (Å²) in [4.78, 5) is 20.8. The Morgan fingerprint density at radius 2 is 2.16 bits per heavy atom. The number of amides is 1. The minimum atomic E-state index is -4.04. The Balaban J connectivity index is 1.77. The van der Waals surface area contributed by atoms with Crippen LogP contribution in [0, 0.1) is 5.82 Å². The minimum Gasteiger partial charge on any atom is -0.369 e. The van der Waals surface area contributed by atoms with Crippen LogP contribution in [0.4, 0.5) is 10.1 Å². The molecule has 0 bridgehead atoms. The zero-order valence-electron chi connectivity index (χ0n) is 16.4. The number of rotatable bonds is 3. The molecule has 31 heavy (non-hydrogen) atoms. The van der Waals surface area contributed by atoms with Gasteiger partial charge in [0.1, 0.15) is 17.1 Å². The van der Waals surface area contributed by atoms with Gasteiger partial charge in [-0.2, -0.15) is 0 Å². The number of halogens is 2. The lowest BCUT2D eigenvalue weighted by Crippen LogP contribution is -2.60. The lowest BCUT2D eigenvalue weighted by Gasteiger charge is -2.45. The molecular formula is C19H19ClFN5O4S. The lowest BCUT2D eigenvalue weighted by molar-refractivity contribution is 0.000601. The number of ether oxygens (including phenoxy) is 1.